The van der Waals surface area contributed by atoms with Crippen LogP contribution in [0.15, 0.2) is 51.7 Å². The molecule has 0 saturated heterocycles. The highest BCUT2D eigenvalue weighted by Gasteiger charge is 2.34. The molecule has 0 aliphatic carbocycles. The summed E-state index contributed by atoms with van der Waals surface area (Å²) in [5.41, 5.74) is 1.72. The Kier molecular flexibility index (Phi) is 3.28. The highest BCUT2D eigenvalue weighted by atomic mass is 35.5. The average molecular weight is 343 g/mol. The molecule has 4 rings (SSSR count). The zero-order valence-electron chi connectivity index (χ0n) is 12.4. The van der Waals surface area contributed by atoms with Crippen LogP contribution in [0.25, 0.3) is 11.1 Å². The molecule has 0 N–H and O–H groups in total. The predicted molar refractivity (Wildman–Crippen MR) is 87.3 cm³/mol. The monoisotopic (exact) mass is 342 g/mol. The maximum atomic E-state index is 12.3. The third kappa shape index (κ3) is 2.15. The number of aromatic nitrogens is 1. The van der Waals surface area contributed by atoms with Crippen molar-refractivity contribution >= 4 is 34.5 Å². The molecule has 2 amide bonds. The molecule has 0 saturated carbocycles. The first-order valence-electron chi connectivity index (χ1n) is 7.30. The molecule has 0 fully saturated rings. The van der Waals surface area contributed by atoms with Gasteiger partial charge in [0.2, 0.25) is 0 Å². The first-order valence-corrected chi connectivity index (χ1v) is 7.68. The van der Waals surface area contributed by atoms with Gasteiger partial charge in [-0.05, 0) is 24.3 Å². The van der Waals surface area contributed by atoms with Crippen molar-refractivity contribution in [1.29, 1.82) is 0 Å². The Bertz CT molecular complexity index is 1020. The number of rotatable bonds is 3. The summed E-state index contributed by atoms with van der Waals surface area (Å²) < 4.78 is 6.53. The van der Waals surface area contributed by atoms with Crippen LogP contribution in [-0.2, 0) is 6.54 Å². The van der Waals surface area contributed by atoms with E-state index < -0.39 is 5.76 Å². The lowest BCUT2D eigenvalue weighted by molar-refractivity contribution is 0.0648. The van der Waals surface area contributed by atoms with Crippen LogP contribution >= 0.6 is 11.6 Å². The fraction of sp³-hybridized carbons (Fsp3) is 0.118. The molecule has 24 heavy (non-hydrogen) atoms. The number of fused-ring (bicyclic) bond motifs is 2. The summed E-state index contributed by atoms with van der Waals surface area (Å²) >= 11 is 5.88. The summed E-state index contributed by atoms with van der Waals surface area (Å²) in [5.74, 6) is -1.25. The first-order chi connectivity index (χ1) is 11.6. The van der Waals surface area contributed by atoms with Gasteiger partial charge in [-0.2, -0.15) is 0 Å². The fourth-order valence-corrected chi connectivity index (χ4v) is 3.06. The lowest BCUT2D eigenvalue weighted by atomic mass is 10.1. The Balaban J connectivity index is 1.63. The van der Waals surface area contributed by atoms with Gasteiger partial charge >= 0.3 is 5.76 Å². The minimum atomic E-state index is -0.552. The number of benzene rings is 2. The second-order valence-electron chi connectivity index (χ2n) is 5.44. The topological polar surface area (TPSA) is 72.5 Å². The normalized spacial score (nSPS) is 13.8. The zero-order chi connectivity index (χ0) is 16.8. The van der Waals surface area contributed by atoms with E-state index in [9.17, 15) is 14.4 Å². The summed E-state index contributed by atoms with van der Waals surface area (Å²) in [6.07, 6.45) is 0. The highest BCUT2D eigenvalue weighted by molar-refractivity contribution is 6.31. The zero-order valence-corrected chi connectivity index (χ0v) is 13.1. The van der Waals surface area contributed by atoms with E-state index >= 15 is 0 Å². The molecule has 0 unspecified atom stereocenters. The van der Waals surface area contributed by atoms with Crippen molar-refractivity contribution in [2.45, 2.75) is 6.54 Å². The number of hydrogen-bond donors (Lipinski definition) is 0. The smallest absolute Gasteiger partial charge is 0.408 e. The highest BCUT2D eigenvalue weighted by Crippen LogP contribution is 2.23. The second-order valence-corrected chi connectivity index (χ2v) is 5.88. The third-order valence-electron chi connectivity index (χ3n) is 4.06. The van der Waals surface area contributed by atoms with Crippen molar-refractivity contribution in [3.05, 3.63) is 69.2 Å². The summed E-state index contributed by atoms with van der Waals surface area (Å²) in [6.45, 7) is 0.239. The predicted octanol–water partition coefficient (Wildman–Crippen LogP) is 2.54. The maximum absolute atomic E-state index is 12.3. The van der Waals surface area contributed by atoms with Gasteiger partial charge in [0.1, 0.15) is 0 Å². The molecule has 120 valence electrons. The maximum Gasteiger partial charge on any atom is 0.420 e. The van der Waals surface area contributed by atoms with Crippen LogP contribution in [0.1, 0.15) is 20.7 Å². The molecule has 6 nitrogen and oxygen atoms in total. The Morgan fingerprint density at radius 3 is 2.25 bits per heavy atom. The Hall–Kier alpha value is -2.86. The van der Waals surface area contributed by atoms with E-state index in [4.69, 9.17) is 16.0 Å². The van der Waals surface area contributed by atoms with Crippen LogP contribution in [0, 0.1) is 0 Å². The minimum absolute atomic E-state index is 0.0868. The summed E-state index contributed by atoms with van der Waals surface area (Å²) in [4.78, 5) is 37.8. The first kappa shape index (κ1) is 14.7. The molecule has 2 aromatic carbocycles. The molecule has 0 atom stereocenters. The van der Waals surface area contributed by atoms with Crippen molar-refractivity contribution in [1.82, 2.24) is 9.47 Å². The van der Waals surface area contributed by atoms with E-state index in [-0.39, 0.29) is 24.9 Å². The molecular weight excluding hydrogens is 332 g/mol. The van der Waals surface area contributed by atoms with Crippen LogP contribution in [0.3, 0.4) is 0 Å². The Morgan fingerprint density at radius 2 is 1.58 bits per heavy atom. The van der Waals surface area contributed by atoms with E-state index in [1.54, 1.807) is 42.5 Å². The molecule has 7 heteroatoms. The lowest BCUT2D eigenvalue weighted by Gasteiger charge is -2.13. The summed E-state index contributed by atoms with van der Waals surface area (Å²) in [5, 5.41) is 0.462. The number of nitrogens with zero attached hydrogens (tertiary/aromatic N) is 2. The molecule has 1 aliphatic heterocycles. The van der Waals surface area contributed by atoms with Gasteiger partial charge in [-0.3, -0.25) is 19.1 Å². The molecule has 0 radical (unpaired) electrons. The number of oxazole rings is 1. The van der Waals surface area contributed by atoms with Gasteiger partial charge in [0, 0.05) is 24.2 Å². The Labute approximate surface area is 140 Å². The summed E-state index contributed by atoms with van der Waals surface area (Å²) in [7, 11) is 0. The van der Waals surface area contributed by atoms with Gasteiger partial charge in [0.25, 0.3) is 11.8 Å². The van der Waals surface area contributed by atoms with Gasteiger partial charge < -0.3 is 4.42 Å². The van der Waals surface area contributed by atoms with Gasteiger partial charge in [-0.15, -0.1) is 0 Å². The molecule has 2 heterocycles. The van der Waals surface area contributed by atoms with Crippen LogP contribution in [-0.4, -0.2) is 27.8 Å². The van der Waals surface area contributed by atoms with Crippen LogP contribution in [0.2, 0.25) is 5.02 Å². The number of carbonyl (C=O) groups is 2. The molecule has 1 aliphatic rings. The van der Waals surface area contributed by atoms with Crippen LogP contribution in [0.5, 0.6) is 0 Å². The van der Waals surface area contributed by atoms with Crippen molar-refractivity contribution in [3.8, 4) is 0 Å². The fourth-order valence-electron chi connectivity index (χ4n) is 2.89. The average Bonchev–Trinajstić information content (AvgIpc) is 3.00. The minimum Gasteiger partial charge on any atom is -0.408 e. The largest absolute Gasteiger partial charge is 0.420 e. The quantitative estimate of drug-likeness (QED) is 0.686. The van der Waals surface area contributed by atoms with Crippen molar-refractivity contribution in [2.75, 3.05) is 6.54 Å². The molecule has 0 spiro atoms. The van der Waals surface area contributed by atoms with Gasteiger partial charge in [0.15, 0.2) is 5.58 Å². The SMILES string of the molecule is O=C1c2ccccc2C(=O)N1CCn1c(=O)oc2cc(Cl)ccc21. The number of hydrogen-bond acceptors (Lipinski definition) is 4. The van der Waals surface area contributed by atoms with Gasteiger partial charge in [0.05, 0.1) is 16.6 Å². The standard InChI is InChI=1S/C17H11ClN2O4/c18-10-5-6-13-14(9-10)24-17(23)19(13)7-8-20-15(21)11-3-1-2-4-12(11)16(20)22/h1-6,9H,7-8H2. The molecule has 0 bridgehead atoms. The lowest BCUT2D eigenvalue weighted by Crippen LogP contribution is -2.34. The van der Waals surface area contributed by atoms with E-state index in [1.165, 1.54) is 4.57 Å². The number of halogens is 1. The van der Waals surface area contributed by atoms with Gasteiger partial charge in [-0.25, -0.2) is 4.79 Å². The van der Waals surface area contributed by atoms with E-state index in [0.717, 1.165) is 4.90 Å². The van der Waals surface area contributed by atoms with E-state index in [1.807, 2.05) is 0 Å². The van der Waals surface area contributed by atoms with Gasteiger partial charge in [-0.1, -0.05) is 23.7 Å². The number of imide groups is 1. The van der Waals surface area contributed by atoms with Crippen molar-refractivity contribution in [2.24, 2.45) is 0 Å². The molecular formula is C17H11ClN2O4. The molecule has 3 aromatic rings. The Morgan fingerprint density at radius 1 is 0.917 bits per heavy atom. The third-order valence-corrected chi connectivity index (χ3v) is 4.29. The van der Waals surface area contributed by atoms with Crippen LogP contribution in [0.4, 0.5) is 0 Å². The van der Waals surface area contributed by atoms with Crippen molar-refractivity contribution in [3.63, 3.8) is 0 Å². The van der Waals surface area contributed by atoms with Crippen LogP contribution < -0.4 is 5.76 Å². The molecule has 1 aromatic heterocycles. The van der Waals surface area contributed by atoms with E-state index in [0.29, 0.717) is 27.2 Å². The number of carbonyl (C=O) groups excluding carboxylic acids is 2. The van der Waals surface area contributed by atoms with Crippen molar-refractivity contribution < 1.29 is 14.0 Å². The van der Waals surface area contributed by atoms with E-state index in [2.05, 4.69) is 0 Å². The number of amides is 2. The summed E-state index contributed by atoms with van der Waals surface area (Å²) in [6, 6.07) is 11.5. The second kappa shape index (κ2) is 5.35.